The van der Waals surface area contributed by atoms with E-state index in [1.165, 1.54) is 18.2 Å². The van der Waals surface area contributed by atoms with Gasteiger partial charge in [0.25, 0.3) is 0 Å². The van der Waals surface area contributed by atoms with Gasteiger partial charge in [-0.2, -0.15) is 0 Å². The van der Waals surface area contributed by atoms with Crippen molar-refractivity contribution in [3.8, 4) is 0 Å². The van der Waals surface area contributed by atoms with Crippen molar-refractivity contribution in [2.24, 2.45) is 0 Å². The lowest BCUT2D eigenvalue weighted by molar-refractivity contribution is -0.131. The lowest BCUT2D eigenvalue weighted by Crippen LogP contribution is -1.89. The standard InChI is InChI=1S/C10H7FO3/c11-9-3-1-7(2-4-10(13)14)5-8(9)6-12/h1-6H,(H,13,14). The summed E-state index contributed by atoms with van der Waals surface area (Å²) in [4.78, 5) is 20.5. The molecule has 4 heteroatoms. The highest BCUT2D eigenvalue weighted by atomic mass is 19.1. The number of aldehydes is 1. The lowest BCUT2D eigenvalue weighted by Gasteiger charge is -1.96. The van der Waals surface area contributed by atoms with Crippen LogP contribution in [0.4, 0.5) is 4.39 Å². The van der Waals surface area contributed by atoms with Crippen molar-refractivity contribution >= 4 is 18.3 Å². The van der Waals surface area contributed by atoms with Crippen LogP contribution in [0.2, 0.25) is 0 Å². The van der Waals surface area contributed by atoms with E-state index in [2.05, 4.69) is 0 Å². The maximum atomic E-state index is 12.8. The summed E-state index contributed by atoms with van der Waals surface area (Å²) >= 11 is 0. The predicted octanol–water partition coefficient (Wildman–Crippen LogP) is 1.74. The van der Waals surface area contributed by atoms with Gasteiger partial charge < -0.3 is 5.11 Å². The Kier molecular flexibility index (Phi) is 3.12. The van der Waals surface area contributed by atoms with E-state index < -0.39 is 11.8 Å². The number of hydrogen-bond donors (Lipinski definition) is 1. The Morgan fingerprint density at radius 1 is 1.43 bits per heavy atom. The molecule has 0 aliphatic heterocycles. The third-order valence-corrected chi connectivity index (χ3v) is 1.57. The topological polar surface area (TPSA) is 54.4 Å². The molecule has 1 rings (SSSR count). The van der Waals surface area contributed by atoms with Crippen molar-refractivity contribution in [3.05, 3.63) is 41.2 Å². The average molecular weight is 194 g/mol. The van der Waals surface area contributed by atoms with Crippen LogP contribution in [0.15, 0.2) is 24.3 Å². The number of aliphatic carboxylic acids is 1. The van der Waals surface area contributed by atoms with Crippen LogP contribution in [-0.2, 0) is 4.79 Å². The summed E-state index contributed by atoms with van der Waals surface area (Å²) in [6.07, 6.45) is 2.59. The first kappa shape index (κ1) is 10.1. The number of carboxylic acids is 1. The van der Waals surface area contributed by atoms with Gasteiger partial charge in [0, 0.05) is 6.08 Å². The number of halogens is 1. The molecule has 0 amide bonds. The largest absolute Gasteiger partial charge is 0.478 e. The van der Waals surface area contributed by atoms with Gasteiger partial charge >= 0.3 is 5.97 Å². The molecule has 1 N–H and O–H groups in total. The Bertz CT molecular complexity index is 396. The van der Waals surface area contributed by atoms with Crippen molar-refractivity contribution < 1.29 is 19.1 Å². The third kappa shape index (κ3) is 2.52. The molecular weight excluding hydrogens is 187 g/mol. The zero-order valence-electron chi connectivity index (χ0n) is 7.11. The minimum atomic E-state index is -1.10. The number of benzene rings is 1. The molecule has 14 heavy (non-hydrogen) atoms. The van der Waals surface area contributed by atoms with Crippen molar-refractivity contribution in [2.75, 3.05) is 0 Å². The van der Waals surface area contributed by atoms with Crippen LogP contribution in [0.1, 0.15) is 15.9 Å². The second kappa shape index (κ2) is 4.32. The fraction of sp³-hybridized carbons (Fsp3) is 0. The highest BCUT2D eigenvalue weighted by Crippen LogP contribution is 2.09. The van der Waals surface area contributed by atoms with Gasteiger partial charge in [-0.05, 0) is 23.8 Å². The molecule has 0 aliphatic rings. The van der Waals surface area contributed by atoms with Crippen molar-refractivity contribution in [1.82, 2.24) is 0 Å². The summed E-state index contributed by atoms with van der Waals surface area (Å²) in [5, 5.41) is 8.33. The quantitative estimate of drug-likeness (QED) is 0.589. The van der Waals surface area contributed by atoms with Gasteiger partial charge in [0.2, 0.25) is 0 Å². The molecule has 0 heterocycles. The molecule has 0 bridgehead atoms. The molecule has 0 saturated carbocycles. The number of carboxylic acid groups (broad SMARTS) is 1. The molecule has 0 fully saturated rings. The zero-order chi connectivity index (χ0) is 10.6. The summed E-state index contributed by atoms with van der Waals surface area (Å²) in [6, 6.07) is 3.79. The van der Waals surface area contributed by atoms with Crippen molar-refractivity contribution in [1.29, 1.82) is 0 Å². The Labute approximate surface area is 79.5 Å². The molecule has 1 aromatic rings. The van der Waals surface area contributed by atoms with Gasteiger partial charge in [-0.3, -0.25) is 4.79 Å². The molecule has 0 spiro atoms. The minimum absolute atomic E-state index is 0.0856. The Morgan fingerprint density at radius 3 is 2.71 bits per heavy atom. The molecule has 0 saturated heterocycles. The van der Waals surface area contributed by atoms with Gasteiger partial charge in [0.1, 0.15) is 5.82 Å². The Balaban J connectivity index is 3.01. The molecular formula is C10H7FO3. The summed E-state index contributed by atoms with van der Waals surface area (Å²) in [6.45, 7) is 0. The van der Waals surface area contributed by atoms with Crippen LogP contribution in [-0.4, -0.2) is 17.4 Å². The van der Waals surface area contributed by atoms with Gasteiger partial charge in [-0.25, -0.2) is 9.18 Å². The summed E-state index contributed by atoms with van der Waals surface area (Å²) in [5.41, 5.74) is 0.383. The lowest BCUT2D eigenvalue weighted by atomic mass is 10.1. The third-order valence-electron chi connectivity index (χ3n) is 1.57. The van der Waals surface area contributed by atoms with Crippen molar-refractivity contribution in [2.45, 2.75) is 0 Å². The SMILES string of the molecule is O=Cc1cc(C=CC(=O)O)ccc1F. The second-order valence-corrected chi connectivity index (χ2v) is 2.57. The second-order valence-electron chi connectivity index (χ2n) is 2.57. The number of hydrogen-bond acceptors (Lipinski definition) is 2. The highest BCUT2D eigenvalue weighted by molar-refractivity contribution is 5.86. The van der Waals surface area contributed by atoms with Crippen LogP contribution >= 0.6 is 0 Å². The highest BCUT2D eigenvalue weighted by Gasteiger charge is 2.00. The van der Waals surface area contributed by atoms with E-state index in [1.54, 1.807) is 0 Å². The van der Waals surface area contributed by atoms with E-state index in [0.717, 1.165) is 12.1 Å². The molecule has 72 valence electrons. The minimum Gasteiger partial charge on any atom is -0.478 e. The van der Waals surface area contributed by atoms with Crippen LogP contribution in [0, 0.1) is 5.82 Å². The van der Waals surface area contributed by atoms with Crippen molar-refractivity contribution in [3.63, 3.8) is 0 Å². The molecule has 3 nitrogen and oxygen atoms in total. The van der Waals surface area contributed by atoms with E-state index >= 15 is 0 Å². The number of rotatable bonds is 3. The van der Waals surface area contributed by atoms with Crippen LogP contribution in [0.25, 0.3) is 6.08 Å². The first-order valence-electron chi connectivity index (χ1n) is 3.79. The fourth-order valence-corrected chi connectivity index (χ4v) is 0.924. The van der Waals surface area contributed by atoms with Gasteiger partial charge in [-0.1, -0.05) is 6.07 Å². The molecule has 0 radical (unpaired) electrons. The monoisotopic (exact) mass is 194 g/mol. The van der Waals surface area contributed by atoms with E-state index in [9.17, 15) is 14.0 Å². The number of carbonyl (C=O) groups excluding carboxylic acids is 1. The van der Waals surface area contributed by atoms with Gasteiger partial charge in [-0.15, -0.1) is 0 Å². The fourth-order valence-electron chi connectivity index (χ4n) is 0.924. The van der Waals surface area contributed by atoms with Crippen LogP contribution in [0.3, 0.4) is 0 Å². The van der Waals surface area contributed by atoms with Gasteiger partial charge in [0.15, 0.2) is 6.29 Å². The molecule has 0 unspecified atom stereocenters. The summed E-state index contributed by atoms with van der Waals surface area (Å²) in [5.74, 6) is -1.71. The molecule has 0 aliphatic carbocycles. The summed E-state index contributed by atoms with van der Waals surface area (Å²) < 4.78 is 12.8. The maximum Gasteiger partial charge on any atom is 0.328 e. The van der Waals surface area contributed by atoms with E-state index in [1.807, 2.05) is 0 Å². The first-order valence-corrected chi connectivity index (χ1v) is 3.79. The Morgan fingerprint density at radius 2 is 2.14 bits per heavy atom. The van der Waals surface area contributed by atoms with Crippen LogP contribution < -0.4 is 0 Å². The summed E-state index contributed by atoms with van der Waals surface area (Å²) in [7, 11) is 0. The van der Waals surface area contributed by atoms with Gasteiger partial charge in [0.05, 0.1) is 5.56 Å². The van der Waals surface area contributed by atoms with E-state index in [-0.39, 0.29) is 5.56 Å². The Hall–Kier alpha value is -1.97. The predicted molar refractivity (Wildman–Crippen MR) is 48.5 cm³/mol. The van der Waals surface area contributed by atoms with E-state index in [4.69, 9.17) is 5.11 Å². The zero-order valence-corrected chi connectivity index (χ0v) is 7.11. The molecule has 0 atom stereocenters. The normalized spacial score (nSPS) is 10.4. The smallest absolute Gasteiger partial charge is 0.328 e. The average Bonchev–Trinajstić information content (AvgIpc) is 2.16. The number of carbonyl (C=O) groups is 2. The maximum absolute atomic E-state index is 12.8. The van der Waals surface area contributed by atoms with Crippen LogP contribution in [0.5, 0.6) is 0 Å². The van der Waals surface area contributed by atoms with E-state index in [0.29, 0.717) is 11.8 Å². The molecule has 1 aromatic carbocycles. The molecule has 0 aromatic heterocycles. The first-order chi connectivity index (χ1) is 6.63.